The Hall–Kier alpha value is -1.64. The highest BCUT2D eigenvalue weighted by Gasteiger charge is 2.26. The molecule has 1 rings (SSSR count). The first-order valence-electron chi connectivity index (χ1n) is 5.71. The summed E-state index contributed by atoms with van der Waals surface area (Å²) < 4.78 is 35.7. The first kappa shape index (κ1) is 16.4. The van der Waals surface area contributed by atoms with Gasteiger partial charge in [0.2, 0.25) is 10.0 Å². The number of aliphatic hydroxyl groups excluding tert-OH is 1. The summed E-state index contributed by atoms with van der Waals surface area (Å²) in [5, 5.41) is 9.03. The molecule has 0 aliphatic rings. The van der Waals surface area contributed by atoms with E-state index in [1.165, 1.54) is 25.3 Å². The molecule has 0 heterocycles. The van der Waals surface area contributed by atoms with Crippen LogP contribution in [0.4, 0.5) is 0 Å². The van der Waals surface area contributed by atoms with E-state index in [-0.39, 0.29) is 4.90 Å². The number of methoxy groups -OCH3 is 2. The molecule has 8 heteroatoms. The van der Waals surface area contributed by atoms with Crippen molar-refractivity contribution < 1.29 is 27.8 Å². The Kier molecular flexibility index (Phi) is 5.49. The number of carbonyl (C=O) groups is 1. The fraction of sp³-hybridized carbons (Fsp3) is 0.417. The number of carbonyl (C=O) groups excluding carboxylic acids is 1. The van der Waals surface area contributed by atoms with Gasteiger partial charge in [-0.05, 0) is 30.7 Å². The van der Waals surface area contributed by atoms with Crippen molar-refractivity contribution in [2.24, 2.45) is 0 Å². The number of benzene rings is 1. The van der Waals surface area contributed by atoms with Gasteiger partial charge in [-0.25, -0.2) is 8.42 Å². The second-order valence-corrected chi connectivity index (χ2v) is 5.73. The number of rotatable bonds is 6. The first-order valence-corrected chi connectivity index (χ1v) is 7.19. The molecule has 0 aliphatic carbocycles. The Morgan fingerprint density at radius 3 is 2.50 bits per heavy atom. The van der Waals surface area contributed by atoms with Crippen molar-refractivity contribution in [2.75, 3.05) is 20.8 Å². The molecule has 1 atom stereocenters. The van der Waals surface area contributed by atoms with Crippen LogP contribution < -0.4 is 9.46 Å². The molecule has 0 fully saturated rings. The highest BCUT2D eigenvalue weighted by Crippen LogP contribution is 2.21. The SMILES string of the molecule is COC(=O)C(CO)NS(=O)(=O)c1ccc(OC)c(C)c1. The molecule has 20 heavy (non-hydrogen) atoms. The number of ether oxygens (including phenoxy) is 2. The minimum atomic E-state index is -3.94. The van der Waals surface area contributed by atoms with Crippen LogP contribution >= 0.6 is 0 Å². The van der Waals surface area contributed by atoms with Gasteiger partial charge in [0.1, 0.15) is 11.8 Å². The van der Waals surface area contributed by atoms with Crippen LogP contribution in [-0.2, 0) is 19.6 Å². The number of hydrogen-bond donors (Lipinski definition) is 2. The first-order chi connectivity index (χ1) is 9.35. The lowest BCUT2D eigenvalue weighted by Gasteiger charge is -2.15. The van der Waals surface area contributed by atoms with Crippen molar-refractivity contribution in [3.8, 4) is 5.75 Å². The third-order valence-corrected chi connectivity index (χ3v) is 4.11. The van der Waals surface area contributed by atoms with Crippen molar-refractivity contribution in [1.29, 1.82) is 0 Å². The zero-order valence-electron chi connectivity index (χ0n) is 11.4. The quantitative estimate of drug-likeness (QED) is 0.707. The normalized spacial score (nSPS) is 12.8. The molecular weight excluding hydrogens is 286 g/mol. The van der Waals surface area contributed by atoms with Gasteiger partial charge in [0.15, 0.2) is 0 Å². The van der Waals surface area contributed by atoms with Crippen LogP contribution in [0.25, 0.3) is 0 Å². The van der Waals surface area contributed by atoms with Crippen LogP contribution in [-0.4, -0.2) is 46.4 Å². The maximum Gasteiger partial charge on any atom is 0.326 e. The molecule has 0 saturated carbocycles. The van der Waals surface area contributed by atoms with Crippen molar-refractivity contribution in [1.82, 2.24) is 4.72 Å². The summed E-state index contributed by atoms with van der Waals surface area (Å²) in [7, 11) is -1.35. The molecule has 2 N–H and O–H groups in total. The summed E-state index contributed by atoms with van der Waals surface area (Å²) in [6.45, 7) is 1.00. The van der Waals surface area contributed by atoms with Gasteiger partial charge < -0.3 is 14.6 Å². The van der Waals surface area contributed by atoms with Crippen molar-refractivity contribution >= 4 is 16.0 Å². The van der Waals surface area contributed by atoms with E-state index in [0.717, 1.165) is 7.11 Å². The standard InChI is InChI=1S/C12H17NO6S/c1-8-6-9(4-5-11(8)18-2)20(16,17)13-10(7-14)12(15)19-3/h4-6,10,13-14H,7H2,1-3H3. The Bertz CT molecular complexity index is 584. The second-order valence-electron chi connectivity index (χ2n) is 4.01. The Labute approximate surface area is 117 Å². The van der Waals surface area contributed by atoms with Gasteiger partial charge in [-0.15, -0.1) is 0 Å². The molecule has 0 aromatic heterocycles. The van der Waals surface area contributed by atoms with Crippen LogP contribution in [0, 0.1) is 6.92 Å². The van der Waals surface area contributed by atoms with E-state index in [2.05, 4.69) is 9.46 Å². The number of sulfonamides is 1. The maximum absolute atomic E-state index is 12.1. The molecule has 0 radical (unpaired) electrons. The van der Waals surface area contributed by atoms with E-state index < -0.39 is 28.6 Å². The molecular formula is C12H17NO6S. The molecule has 112 valence electrons. The van der Waals surface area contributed by atoms with Gasteiger partial charge >= 0.3 is 5.97 Å². The molecule has 1 aromatic rings. The number of nitrogens with one attached hydrogen (secondary N) is 1. The molecule has 7 nitrogen and oxygen atoms in total. The van der Waals surface area contributed by atoms with Crippen LogP contribution in [0.15, 0.2) is 23.1 Å². The summed E-state index contributed by atoms with van der Waals surface area (Å²) in [6.07, 6.45) is 0. The van der Waals surface area contributed by atoms with E-state index in [1.807, 2.05) is 0 Å². The van der Waals surface area contributed by atoms with Crippen molar-refractivity contribution in [3.05, 3.63) is 23.8 Å². The van der Waals surface area contributed by atoms with Gasteiger partial charge in [0.25, 0.3) is 0 Å². The average molecular weight is 303 g/mol. The minimum Gasteiger partial charge on any atom is -0.496 e. The Morgan fingerprint density at radius 2 is 2.05 bits per heavy atom. The monoisotopic (exact) mass is 303 g/mol. The van der Waals surface area contributed by atoms with Crippen molar-refractivity contribution in [3.63, 3.8) is 0 Å². The maximum atomic E-state index is 12.1. The molecule has 0 saturated heterocycles. The van der Waals surface area contributed by atoms with Crippen LogP contribution in [0.5, 0.6) is 5.75 Å². The van der Waals surface area contributed by atoms with E-state index in [0.29, 0.717) is 11.3 Å². The zero-order valence-corrected chi connectivity index (χ0v) is 12.2. The molecule has 1 unspecified atom stereocenters. The highest BCUT2D eigenvalue weighted by atomic mass is 32.2. The number of aryl methyl sites for hydroxylation is 1. The van der Waals surface area contributed by atoms with Crippen LogP contribution in [0.1, 0.15) is 5.56 Å². The Balaban J connectivity index is 3.04. The lowest BCUT2D eigenvalue weighted by atomic mass is 10.2. The van der Waals surface area contributed by atoms with E-state index >= 15 is 0 Å². The van der Waals surface area contributed by atoms with Gasteiger partial charge in [-0.1, -0.05) is 0 Å². The van der Waals surface area contributed by atoms with Gasteiger partial charge in [-0.2, -0.15) is 4.72 Å². The van der Waals surface area contributed by atoms with Crippen molar-refractivity contribution in [2.45, 2.75) is 17.9 Å². The Morgan fingerprint density at radius 1 is 1.40 bits per heavy atom. The summed E-state index contributed by atoms with van der Waals surface area (Å²) >= 11 is 0. The number of hydrogen-bond acceptors (Lipinski definition) is 6. The lowest BCUT2D eigenvalue weighted by molar-refractivity contribution is -0.143. The predicted octanol–water partition coefficient (Wildman–Crippen LogP) is -0.184. The summed E-state index contributed by atoms with van der Waals surface area (Å²) in [6, 6.07) is 2.93. The fourth-order valence-corrected chi connectivity index (χ4v) is 2.84. The third-order valence-electron chi connectivity index (χ3n) is 2.64. The largest absolute Gasteiger partial charge is 0.496 e. The van der Waals surface area contributed by atoms with E-state index in [4.69, 9.17) is 9.84 Å². The predicted molar refractivity (Wildman–Crippen MR) is 70.9 cm³/mol. The average Bonchev–Trinajstić information content (AvgIpc) is 2.43. The molecule has 1 aromatic carbocycles. The summed E-state index contributed by atoms with van der Waals surface area (Å²) in [4.78, 5) is 11.3. The summed E-state index contributed by atoms with van der Waals surface area (Å²) in [5.74, 6) is -0.308. The number of esters is 1. The fourth-order valence-electron chi connectivity index (χ4n) is 1.58. The molecule has 0 bridgehead atoms. The van der Waals surface area contributed by atoms with Gasteiger partial charge in [0, 0.05) is 0 Å². The molecule has 0 amide bonds. The van der Waals surface area contributed by atoms with Crippen LogP contribution in [0.3, 0.4) is 0 Å². The lowest BCUT2D eigenvalue weighted by Crippen LogP contribution is -2.43. The molecule has 0 aliphatic heterocycles. The summed E-state index contributed by atoms with van der Waals surface area (Å²) in [5.41, 5.74) is 0.633. The van der Waals surface area contributed by atoms with Crippen LogP contribution in [0.2, 0.25) is 0 Å². The second kappa shape index (κ2) is 6.69. The van der Waals surface area contributed by atoms with E-state index in [9.17, 15) is 13.2 Å². The topological polar surface area (TPSA) is 102 Å². The highest BCUT2D eigenvalue weighted by molar-refractivity contribution is 7.89. The van der Waals surface area contributed by atoms with Gasteiger partial charge in [0.05, 0.1) is 25.7 Å². The zero-order chi connectivity index (χ0) is 15.3. The van der Waals surface area contributed by atoms with Gasteiger partial charge in [-0.3, -0.25) is 4.79 Å². The third kappa shape index (κ3) is 3.69. The molecule has 0 spiro atoms. The van der Waals surface area contributed by atoms with E-state index in [1.54, 1.807) is 6.92 Å². The smallest absolute Gasteiger partial charge is 0.326 e. The minimum absolute atomic E-state index is 0.0295. The number of aliphatic hydroxyl groups is 1.